The first kappa shape index (κ1) is 10.9. The molecule has 1 N–H and O–H groups in total. The molecule has 5 heteroatoms. The van der Waals surface area contributed by atoms with Gasteiger partial charge in [-0.1, -0.05) is 0 Å². The predicted molar refractivity (Wildman–Crippen MR) is 61.8 cm³/mol. The standard InChI is InChI=1S/C11H17N5/c1-12-9-11-14-4-8-16(11)6-2-5-15-7-3-13-10-15/h3-4,7-8,10,12H,2,5-6,9H2,1H3. The lowest BCUT2D eigenvalue weighted by Gasteiger charge is -2.07. The predicted octanol–water partition coefficient (Wildman–Crippen LogP) is 0.889. The van der Waals surface area contributed by atoms with Gasteiger partial charge in [0.25, 0.3) is 0 Å². The number of aryl methyl sites for hydroxylation is 2. The highest BCUT2D eigenvalue weighted by atomic mass is 15.1. The molecule has 0 aliphatic heterocycles. The van der Waals surface area contributed by atoms with Crippen molar-refractivity contribution >= 4 is 0 Å². The summed E-state index contributed by atoms with van der Waals surface area (Å²) in [6.45, 7) is 2.81. The molecule has 0 atom stereocenters. The van der Waals surface area contributed by atoms with E-state index in [0.29, 0.717) is 0 Å². The van der Waals surface area contributed by atoms with E-state index in [1.807, 2.05) is 38.2 Å². The molecule has 0 amide bonds. The zero-order valence-electron chi connectivity index (χ0n) is 9.50. The minimum absolute atomic E-state index is 0.818. The van der Waals surface area contributed by atoms with E-state index in [4.69, 9.17) is 0 Å². The van der Waals surface area contributed by atoms with Crippen molar-refractivity contribution in [3.8, 4) is 0 Å². The fourth-order valence-electron chi connectivity index (χ4n) is 1.71. The van der Waals surface area contributed by atoms with Crippen LogP contribution in [0, 0.1) is 0 Å². The van der Waals surface area contributed by atoms with Gasteiger partial charge < -0.3 is 14.5 Å². The summed E-state index contributed by atoms with van der Waals surface area (Å²) in [5, 5.41) is 3.12. The topological polar surface area (TPSA) is 47.7 Å². The van der Waals surface area contributed by atoms with Gasteiger partial charge in [0.05, 0.1) is 12.9 Å². The first-order chi connectivity index (χ1) is 7.90. The van der Waals surface area contributed by atoms with Crippen LogP contribution in [0.5, 0.6) is 0 Å². The van der Waals surface area contributed by atoms with E-state index in [1.54, 1.807) is 0 Å². The fraction of sp³-hybridized carbons (Fsp3) is 0.455. The molecule has 0 unspecified atom stereocenters. The molecule has 5 nitrogen and oxygen atoms in total. The number of hydrogen-bond donors (Lipinski definition) is 1. The normalized spacial score (nSPS) is 10.8. The summed E-state index contributed by atoms with van der Waals surface area (Å²) in [5.74, 6) is 1.09. The molecular formula is C11H17N5. The highest BCUT2D eigenvalue weighted by Crippen LogP contribution is 2.00. The summed E-state index contributed by atoms with van der Waals surface area (Å²) in [5.41, 5.74) is 0. The number of aromatic nitrogens is 4. The van der Waals surface area contributed by atoms with E-state index in [9.17, 15) is 0 Å². The number of nitrogens with zero attached hydrogens (tertiary/aromatic N) is 4. The van der Waals surface area contributed by atoms with E-state index < -0.39 is 0 Å². The molecule has 0 aliphatic carbocycles. The van der Waals surface area contributed by atoms with Gasteiger partial charge in [0, 0.05) is 37.9 Å². The average Bonchev–Trinajstić information content (AvgIpc) is 2.91. The summed E-state index contributed by atoms with van der Waals surface area (Å²) >= 11 is 0. The molecule has 0 aromatic carbocycles. The Labute approximate surface area is 95.1 Å². The van der Waals surface area contributed by atoms with Crippen LogP contribution in [-0.2, 0) is 19.6 Å². The third kappa shape index (κ3) is 2.70. The lowest BCUT2D eigenvalue weighted by atomic mass is 10.4. The van der Waals surface area contributed by atoms with Crippen LogP contribution in [0.2, 0.25) is 0 Å². The summed E-state index contributed by atoms with van der Waals surface area (Å²) in [7, 11) is 1.94. The zero-order chi connectivity index (χ0) is 11.2. The summed E-state index contributed by atoms with van der Waals surface area (Å²) in [6, 6.07) is 0. The highest BCUT2D eigenvalue weighted by molar-refractivity contribution is 4.91. The molecule has 0 saturated heterocycles. The molecule has 0 bridgehead atoms. The summed E-state index contributed by atoms with van der Waals surface area (Å²) in [6.07, 6.45) is 10.6. The summed E-state index contributed by atoms with van der Waals surface area (Å²) in [4.78, 5) is 8.32. The van der Waals surface area contributed by atoms with Crippen molar-refractivity contribution in [2.75, 3.05) is 7.05 Å². The number of hydrogen-bond acceptors (Lipinski definition) is 3. The quantitative estimate of drug-likeness (QED) is 0.785. The molecule has 0 aliphatic rings. The second-order valence-corrected chi connectivity index (χ2v) is 3.72. The molecule has 0 radical (unpaired) electrons. The van der Waals surface area contributed by atoms with Crippen LogP contribution in [-0.4, -0.2) is 26.1 Å². The number of rotatable bonds is 6. The van der Waals surface area contributed by atoms with E-state index in [2.05, 4.69) is 24.4 Å². The van der Waals surface area contributed by atoms with E-state index >= 15 is 0 Å². The third-order valence-corrected chi connectivity index (χ3v) is 2.51. The lowest BCUT2D eigenvalue weighted by molar-refractivity contribution is 0.541. The zero-order valence-corrected chi connectivity index (χ0v) is 9.50. The van der Waals surface area contributed by atoms with Crippen molar-refractivity contribution in [3.05, 3.63) is 36.9 Å². The van der Waals surface area contributed by atoms with Crippen LogP contribution in [0.1, 0.15) is 12.2 Å². The van der Waals surface area contributed by atoms with E-state index in [0.717, 1.165) is 31.9 Å². The molecule has 0 fully saturated rings. The van der Waals surface area contributed by atoms with Gasteiger partial charge in [0.15, 0.2) is 0 Å². The minimum Gasteiger partial charge on any atom is -0.337 e. The molecular weight excluding hydrogens is 202 g/mol. The first-order valence-electron chi connectivity index (χ1n) is 5.50. The van der Waals surface area contributed by atoms with Crippen molar-refractivity contribution in [2.24, 2.45) is 0 Å². The van der Waals surface area contributed by atoms with Crippen molar-refractivity contribution in [1.82, 2.24) is 24.4 Å². The van der Waals surface area contributed by atoms with Crippen molar-refractivity contribution in [3.63, 3.8) is 0 Å². The molecule has 16 heavy (non-hydrogen) atoms. The first-order valence-corrected chi connectivity index (χ1v) is 5.50. The van der Waals surface area contributed by atoms with Gasteiger partial charge in [-0.3, -0.25) is 0 Å². The van der Waals surface area contributed by atoms with Gasteiger partial charge in [0.2, 0.25) is 0 Å². The van der Waals surface area contributed by atoms with Crippen LogP contribution in [0.15, 0.2) is 31.1 Å². The van der Waals surface area contributed by atoms with Crippen LogP contribution in [0.25, 0.3) is 0 Å². The van der Waals surface area contributed by atoms with Crippen LogP contribution in [0.4, 0.5) is 0 Å². The lowest BCUT2D eigenvalue weighted by Crippen LogP contribution is -2.13. The van der Waals surface area contributed by atoms with Gasteiger partial charge in [-0.25, -0.2) is 9.97 Å². The maximum Gasteiger partial charge on any atom is 0.122 e. The van der Waals surface area contributed by atoms with Crippen LogP contribution in [0.3, 0.4) is 0 Å². The number of nitrogens with one attached hydrogen (secondary N) is 1. The van der Waals surface area contributed by atoms with Crippen LogP contribution < -0.4 is 5.32 Å². The maximum atomic E-state index is 4.30. The second-order valence-electron chi connectivity index (χ2n) is 3.72. The molecule has 0 saturated carbocycles. The van der Waals surface area contributed by atoms with Crippen molar-refractivity contribution in [2.45, 2.75) is 26.1 Å². The van der Waals surface area contributed by atoms with Gasteiger partial charge in [-0.15, -0.1) is 0 Å². The monoisotopic (exact) mass is 219 g/mol. The molecule has 2 aromatic heterocycles. The van der Waals surface area contributed by atoms with Crippen molar-refractivity contribution in [1.29, 1.82) is 0 Å². The second kappa shape index (κ2) is 5.46. The van der Waals surface area contributed by atoms with Crippen LogP contribution >= 0.6 is 0 Å². The fourth-order valence-corrected chi connectivity index (χ4v) is 1.71. The van der Waals surface area contributed by atoms with Gasteiger partial charge in [-0.05, 0) is 13.5 Å². The Hall–Kier alpha value is -1.62. The highest BCUT2D eigenvalue weighted by Gasteiger charge is 2.00. The summed E-state index contributed by atoms with van der Waals surface area (Å²) < 4.78 is 4.28. The third-order valence-electron chi connectivity index (χ3n) is 2.51. The Balaban J connectivity index is 1.82. The van der Waals surface area contributed by atoms with E-state index in [1.165, 1.54) is 0 Å². The van der Waals surface area contributed by atoms with Crippen molar-refractivity contribution < 1.29 is 0 Å². The molecule has 2 aromatic rings. The smallest absolute Gasteiger partial charge is 0.122 e. The maximum absolute atomic E-state index is 4.30. The van der Waals surface area contributed by atoms with Gasteiger partial charge >= 0.3 is 0 Å². The Bertz CT molecular complexity index is 404. The molecule has 2 rings (SSSR count). The molecule has 86 valence electrons. The minimum atomic E-state index is 0.818. The number of imidazole rings is 2. The Morgan fingerprint density at radius 1 is 1.25 bits per heavy atom. The molecule has 2 heterocycles. The Morgan fingerprint density at radius 2 is 2.19 bits per heavy atom. The SMILES string of the molecule is CNCc1nccn1CCCn1ccnc1. The largest absolute Gasteiger partial charge is 0.337 e. The average molecular weight is 219 g/mol. The van der Waals surface area contributed by atoms with Gasteiger partial charge in [0.1, 0.15) is 5.82 Å². The van der Waals surface area contributed by atoms with Gasteiger partial charge in [-0.2, -0.15) is 0 Å². The Kier molecular flexibility index (Phi) is 3.71. The molecule has 0 spiro atoms. The van der Waals surface area contributed by atoms with E-state index in [-0.39, 0.29) is 0 Å². The Morgan fingerprint density at radius 3 is 2.94 bits per heavy atom.